The van der Waals surface area contributed by atoms with E-state index in [9.17, 15) is 4.79 Å². The summed E-state index contributed by atoms with van der Waals surface area (Å²) in [5.74, 6) is -0.118. The van der Waals surface area contributed by atoms with E-state index in [0.717, 1.165) is 10.6 Å². The van der Waals surface area contributed by atoms with Gasteiger partial charge in [0.2, 0.25) is 0 Å². The SMILES string of the molecule is Cc1ccc(/C=C2/NC(=S)N(c3ccccc3)C2=O)s1. The Morgan fingerprint density at radius 3 is 2.60 bits per heavy atom. The summed E-state index contributed by atoms with van der Waals surface area (Å²) in [6.07, 6.45) is 1.84. The van der Waals surface area contributed by atoms with Gasteiger partial charge in [0.05, 0.1) is 5.69 Å². The Kier molecular flexibility index (Phi) is 3.38. The van der Waals surface area contributed by atoms with Gasteiger partial charge in [-0.3, -0.25) is 9.69 Å². The second-order valence-corrected chi connectivity index (χ2v) is 6.12. The van der Waals surface area contributed by atoms with Gasteiger partial charge in [0.25, 0.3) is 5.91 Å². The number of hydrogen-bond donors (Lipinski definition) is 1. The molecule has 3 nitrogen and oxygen atoms in total. The zero-order chi connectivity index (χ0) is 14.1. The minimum absolute atomic E-state index is 0.118. The summed E-state index contributed by atoms with van der Waals surface area (Å²) in [5.41, 5.74) is 1.29. The highest BCUT2D eigenvalue weighted by atomic mass is 32.1. The molecule has 0 unspecified atom stereocenters. The predicted molar refractivity (Wildman–Crippen MR) is 86.7 cm³/mol. The fourth-order valence-electron chi connectivity index (χ4n) is 2.02. The molecular formula is C15H12N2OS2. The average Bonchev–Trinajstić information content (AvgIpc) is 2.96. The van der Waals surface area contributed by atoms with Crippen molar-refractivity contribution in [3.8, 4) is 0 Å². The molecule has 20 heavy (non-hydrogen) atoms. The zero-order valence-electron chi connectivity index (χ0n) is 10.8. The van der Waals surface area contributed by atoms with Crippen molar-refractivity contribution in [2.45, 2.75) is 6.92 Å². The molecule has 1 aliphatic rings. The molecule has 0 spiro atoms. The molecule has 100 valence electrons. The molecule has 1 N–H and O–H groups in total. The molecule has 2 heterocycles. The highest BCUT2D eigenvalue weighted by molar-refractivity contribution is 7.80. The number of aryl methyl sites for hydroxylation is 1. The van der Waals surface area contributed by atoms with E-state index in [1.165, 1.54) is 9.78 Å². The maximum absolute atomic E-state index is 12.4. The number of rotatable bonds is 2. The number of anilines is 1. The third-order valence-corrected chi connectivity index (χ3v) is 4.17. The number of thiocarbonyl (C=S) groups is 1. The van der Waals surface area contributed by atoms with Crippen molar-refractivity contribution in [2.75, 3.05) is 4.90 Å². The van der Waals surface area contributed by atoms with E-state index in [1.807, 2.05) is 55.5 Å². The van der Waals surface area contributed by atoms with Crippen LogP contribution in [-0.2, 0) is 4.79 Å². The largest absolute Gasteiger partial charge is 0.327 e. The molecule has 0 atom stereocenters. The van der Waals surface area contributed by atoms with Gasteiger partial charge in [-0.05, 0) is 49.5 Å². The van der Waals surface area contributed by atoms with Crippen molar-refractivity contribution in [2.24, 2.45) is 0 Å². The Bertz CT molecular complexity index is 704. The Balaban J connectivity index is 1.93. The normalized spacial score (nSPS) is 16.9. The number of nitrogens with zero attached hydrogens (tertiary/aromatic N) is 1. The zero-order valence-corrected chi connectivity index (χ0v) is 12.4. The van der Waals surface area contributed by atoms with Crippen LogP contribution in [0.3, 0.4) is 0 Å². The lowest BCUT2D eigenvalue weighted by atomic mass is 10.3. The maximum atomic E-state index is 12.4. The summed E-state index contributed by atoms with van der Waals surface area (Å²) >= 11 is 6.90. The molecule has 0 bridgehead atoms. The minimum Gasteiger partial charge on any atom is -0.327 e. The van der Waals surface area contributed by atoms with Crippen molar-refractivity contribution in [1.29, 1.82) is 0 Å². The molecule has 3 rings (SSSR count). The van der Waals surface area contributed by atoms with Crippen molar-refractivity contribution in [3.05, 3.63) is 57.9 Å². The Labute approximate surface area is 126 Å². The van der Waals surface area contributed by atoms with Crippen molar-refractivity contribution < 1.29 is 4.79 Å². The molecule has 1 fully saturated rings. The lowest BCUT2D eigenvalue weighted by Crippen LogP contribution is -2.30. The number of thiophene rings is 1. The number of hydrogen-bond acceptors (Lipinski definition) is 3. The van der Waals surface area contributed by atoms with Crippen LogP contribution in [0.2, 0.25) is 0 Å². The lowest BCUT2D eigenvalue weighted by molar-refractivity contribution is -0.113. The van der Waals surface area contributed by atoms with Crippen molar-refractivity contribution >= 4 is 46.3 Å². The van der Waals surface area contributed by atoms with Crippen molar-refractivity contribution in [3.63, 3.8) is 0 Å². The van der Waals surface area contributed by atoms with Crippen LogP contribution in [0.5, 0.6) is 0 Å². The van der Waals surface area contributed by atoms with Gasteiger partial charge in [0.1, 0.15) is 5.70 Å². The number of nitrogens with one attached hydrogen (secondary N) is 1. The smallest absolute Gasteiger partial charge is 0.281 e. The molecular weight excluding hydrogens is 288 g/mol. The predicted octanol–water partition coefficient (Wildman–Crippen LogP) is 3.32. The number of carbonyl (C=O) groups excluding carboxylic acids is 1. The van der Waals surface area contributed by atoms with Crippen LogP contribution in [0.1, 0.15) is 9.75 Å². The van der Waals surface area contributed by atoms with Gasteiger partial charge in [0.15, 0.2) is 5.11 Å². The van der Waals surface area contributed by atoms with E-state index in [4.69, 9.17) is 12.2 Å². The molecule has 2 aromatic rings. The lowest BCUT2D eigenvalue weighted by Gasteiger charge is -2.13. The summed E-state index contributed by atoms with van der Waals surface area (Å²) < 4.78 is 0. The highest BCUT2D eigenvalue weighted by Crippen LogP contribution is 2.24. The Hall–Kier alpha value is -1.98. The Morgan fingerprint density at radius 1 is 1.20 bits per heavy atom. The monoisotopic (exact) mass is 300 g/mol. The second kappa shape index (κ2) is 5.19. The van der Waals surface area contributed by atoms with Gasteiger partial charge >= 0.3 is 0 Å². The summed E-state index contributed by atoms with van der Waals surface area (Å²) in [7, 11) is 0. The van der Waals surface area contributed by atoms with Crippen LogP contribution >= 0.6 is 23.6 Å². The highest BCUT2D eigenvalue weighted by Gasteiger charge is 2.31. The molecule has 0 saturated carbocycles. The molecule has 1 aromatic heterocycles. The van der Waals surface area contributed by atoms with E-state index >= 15 is 0 Å². The van der Waals surface area contributed by atoms with Crippen LogP contribution in [0, 0.1) is 6.92 Å². The minimum atomic E-state index is -0.118. The van der Waals surface area contributed by atoms with Gasteiger partial charge in [-0.25, -0.2) is 0 Å². The number of benzene rings is 1. The molecule has 0 radical (unpaired) electrons. The van der Waals surface area contributed by atoms with Gasteiger partial charge in [0, 0.05) is 9.75 Å². The number of carbonyl (C=O) groups is 1. The quantitative estimate of drug-likeness (QED) is 0.682. The number of amides is 1. The molecule has 1 aliphatic heterocycles. The summed E-state index contributed by atoms with van der Waals surface area (Å²) in [6.45, 7) is 2.04. The third-order valence-electron chi connectivity index (χ3n) is 2.94. The molecule has 1 aromatic carbocycles. The van der Waals surface area contributed by atoms with Crippen molar-refractivity contribution in [1.82, 2.24) is 5.32 Å². The Morgan fingerprint density at radius 2 is 1.95 bits per heavy atom. The van der Waals surface area contributed by atoms with E-state index in [0.29, 0.717) is 10.8 Å². The van der Waals surface area contributed by atoms with E-state index < -0.39 is 0 Å². The first-order valence-electron chi connectivity index (χ1n) is 6.14. The fraction of sp³-hybridized carbons (Fsp3) is 0.0667. The number of para-hydroxylation sites is 1. The summed E-state index contributed by atoms with van der Waals surface area (Å²) in [6, 6.07) is 13.4. The van der Waals surface area contributed by atoms with Gasteiger partial charge < -0.3 is 5.32 Å². The standard InChI is InChI=1S/C15H12N2OS2/c1-10-7-8-12(20-10)9-13-14(18)17(15(19)16-13)11-5-3-2-4-6-11/h2-9H,1H3,(H,16,19)/b13-9+. The van der Waals surface area contributed by atoms with Gasteiger partial charge in [-0.1, -0.05) is 18.2 Å². The second-order valence-electron chi connectivity index (χ2n) is 4.41. The first kappa shape index (κ1) is 13.0. The third kappa shape index (κ3) is 2.37. The van der Waals surface area contributed by atoms with Crippen LogP contribution < -0.4 is 10.2 Å². The summed E-state index contributed by atoms with van der Waals surface area (Å²) in [5, 5.41) is 3.40. The first-order valence-corrected chi connectivity index (χ1v) is 7.36. The molecule has 1 amide bonds. The van der Waals surface area contributed by atoms with E-state index in [2.05, 4.69) is 5.32 Å². The van der Waals surface area contributed by atoms with Gasteiger partial charge in [-0.2, -0.15) is 0 Å². The van der Waals surface area contributed by atoms with Crippen LogP contribution in [0.25, 0.3) is 6.08 Å². The molecule has 1 saturated heterocycles. The van der Waals surface area contributed by atoms with Crippen LogP contribution in [0.15, 0.2) is 48.2 Å². The summed E-state index contributed by atoms with van der Waals surface area (Å²) in [4.78, 5) is 16.2. The van der Waals surface area contributed by atoms with E-state index in [1.54, 1.807) is 11.3 Å². The maximum Gasteiger partial charge on any atom is 0.281 e. The average molecular weight is 300 g/mol. The van der Waals surface area contributed by atoms with E-state index in [-0.39, 0.29) is 5.91 Å². The van der Waals surface area contributed by atoms with Crippen LogP contribution in [-0.4, -0.2) is 11.0 Å². The van der Waals surface area contributed by atoms with Crippen LogP contribution in [0.4, 0.5) is 5.69 Å². The molecule has 5 heteroatoms. The molecule has 0 aliphatic carbocycles. The fourth-order valence-corrected chi connectivity index (χ4v) is 3.14. The topological polar surface area (TPSA) is 32.3 Å². The first-order chi connectivity index (χ1) is 9.65. The van der Waals surface area contributed by atoms with Gasteiger partial charge in [-0.15, -0.1) is 11.3 Å².